The van der Waals surface area contributed by atoms with Gasteiger partial charge in [0.15, 0.2) is 0 Å². The molecule has 0 aliphatic heterocycles. The number of hydrogen-bond donors (Lipinski definition) is 0. The van der Waals surface area contributed by atoms with Gasteiger partial charge in [-0.05, 0) is 6.92 Å². The van der Waals surface area contributed by atoms with Gasteiger partial charge in [-0.25, -0.2) is 4.52 Å². The molecular weight excluding hydrogens is 188 g/mol. The molecule has 0 saturated carbocycles. The molecule has 0 aromatic carbocycles. The van der Waals surface area contributed by atoms with E-state index in [1.807, 2.05) is 0 Å². The molecule has 11 heavy (non-hydrogen) atoms. The van der Waals surface area contributed by atoms with Crippen molar-refractivity contribution in [1.29, 1.82) is 0 Å². The molecule has 0 fully saturated rings. The third kappa shape index (κ3) is 6.30. The van der Waals surface area contributed by atoms with Crippen LogP contribution in [0, 0.1) is 0 Å². The van der Waals surface area contributed by atoms with E-state index in [1.54, 1.807) is 0 Å². The molecule has 0 bridgehead atoms. The summed E-state index contributed by atoms with van der Waals surface area (Å²) in [6.07, 6.45) is -5.22. The summed E-state index contributed by atoms with van der Waals surface area (Å²) in [7, 11) is -5.19. The molecule has 1 unspecified atom stereocenters. The second-order valence-corrected chi connectivity index (χ2v) is 2.74. The maximum atomic E-state index is 11.2. The van der Waals surface area contributed by atoms with E-state index in [-0.39, 0.29) is 0 Å². The van der Waals surface area contributed by atoms with Gasteiger partial charge in [-0.3, -0.25) is 4.57 Å². The molecule has 0 aromatic heterocycles. The summed E-state index contributed by atoms with van der Waals surface area (Å²) in [5, 5.41) is 0. The largest absolute Gasteiger partial charge is 0.756 e. The van der Waals surface area contributed by atoms with Crippen LogP contribution >= 0.6 is 7.82 Å². The summed E-state index contributed by atoms with van der Waals surface area (Å²) in [5.41, 5.74) is 0. The van der Waals surface area contributed by atoms with Gasteiger partial charge in [0.2, 0.25) is 0 Å². The molecule has 68 valence electrons. The average Bonchev–Trinajstić information content (AvgIpc) is 1.55. The minimum Gasteiger partial charge on any atom is -0.756 e. The molecule has 0 rings (SSSR count). The molecule has 0 aliphatic carbocycles. The second kappa shape index (κ2) is 3.53. The van der Waals surface area contributed by atoms with E-state index < -0.39 is 20.8 Å². The topological polar surface area (TPSA) is 58.6 Å². The van der Waals surface area contributed by atoms with Crippen LogP contribution in [-0.2, 0) is 13.6 Å². The lowest BCUT2D eigenvalue weighted by atomic mass is 10.9. The van der Waals surface area contributed by atoms with Gasteiger partial charge >= 0.3 is 6.36 Å². The Morgan fingerprint density at radius 2 is 2.00 bits per heavy atom. The highest BCUT2D eigenvalue weighted by Crippen LogP contribution is 2.44. The maximum Gasteiger partial charge on any atom is 0.528 e. The third-order valence-electron chi connectivity index (χ3n) is 0.503. The Kier molecular flexibility index (Phi) is 3.50. The van der Waals surface area contributed by atoms with Gasteiger partial charge in [0.05, 0.1) is 6.61 Å². The monoisotopic (exact) mass is 193 g/mol. The first kappa shape index (κ1) is 10.9. The van der Waals surface area contributed by atoms with Gasteiger partial charge in [0, 0.05) is 0 Å². The van der Waals surface area contributed by atoms with Crippen LogP contribution in [0.5, 0.6) is 0 Å². The zero-order valence-corrected chi connectivity index (χ0v) is 6.32. The van der Waals surface area contributed by atoms with E-state index in [1.165, 1.54) is 6.92 Å². The molecule has 1 atom stereocenters. The number of alkyl halides is 3. The third-order valence-corrected chi connectivity index (χ3v) is 1.51. The molecule has 0 amide bonds. The van der Waals surface area contributed by atoms with Crippen molar-refractivity contribution < 1.29 is 31.7 Å². The molecule has 0 aromatic rings. The predicted molar refractivity (Wildman–Crippen MR) is 26.4 cm³/mol. The Labute approximate surface area is 60.5 Å². The Balaban J connectivity index is 4.03. The highest BCUT2D eigenvalue weighted by atomic mass is 31.2. The van der Waals surface area contributed by atoms with Crippen LogP contribution < -0.4 is 4.89 Å². The van der Waals surface area contributed by atoms with E-state index >= 15 is 0 Å². The van der Waals surface area contributed by atoms with Crippen molar-refractivity contribution in [3.63, 3.8) is 0 Å². The molecule has 0 N–H and O–H groups in total. The standard InChI is InChI=1S/C3H6F3O4P/c1-2-9-11(7,8)10-3(4,5)6/h2H2,1H3,(H,7,8)/p-1. The summed E-state index contributed by atoms with van der Waals surface area (Å²) in [6, 6.07) is 0. The van der Waals surface area contributed by atoms with Crippen molar-refractivity contribution in [2.45, 2.75) is 13.3 Å². The molecule has 0 heterocycles. The fourth-order valence-electron chi connectivity index (χ4n) is 0.311. The van der Waals surface area contributed by atoms with Crippen molar-refractivity contribution in [3.8, 4) is 0 Å². The van der Waals surface area contributed by atoms with Gasteiger partial charge < -0.3 is 9.42 Å². The predicted octanol–water partition coefficient (Wildman–Crippen LogP) is 1.03. The molecule has 0 radical (unpaired) electrons. The molecule has 8 heteroatoms. The Bertz CT molecular complexity index is 166. The SMILES string of the molecule is CCOP(=O)([O-])OC(F)(F)F. The first-order chi connectivity index (χ1) is 4.77. The minimum absolute atomic E-state index is 0.392. The van der Waals surface area contributed by atoms with Crippen LogP contribution in [0.15, 0.2) is 0 Å². The minimum atomic E-state index is -5.22. The number of hydrogen-bond acceptors (Lipinski definition) is 4. The van der Waals surface area contributed by atoms with E-state index in [0.29, 0.717) is 0 Å². The first-order valence-corrected chi connectivity index (χ1v) is 3.96. The fraction of sp³-hybridized carbons (Fsp3) is 1.00. The van der Waals surface area contributed by atoms with E-state index in [2.05, 4.69) is 9.05 Å². The van der Waals surface area contributed by atoms with Gasteiger partial charge in [0.1, 0.15) is 0 Å². The maximum absolute atomic E-state index is 11.2. The quantitative estimate of drug-likeness (QED) is 0.628. The van der Waals surface area contributed by atoms with Crippen LogP contribution in [0.1, 0.15) is 6.92 Å². The number of phosphoric ester groups is 1. The summed E-state index contributed by atoms with van der Waals surface area (Å²) in [5.74, 6) is 0. The molecule has 0 spiro atoms. The number of phosphoric acid groups is 1. The average molecular weight is 193 g/mol. The van der Waals surface area contributed by atoms with Crippen molar-refractivity contribution in [1.82, 2.24) is 0 Å². The Hall–Kier alpha value is -0.100. The van der Waals surface area contributed by atoms with Gasteiger partial charge in [-0.2, -0.15) is 0 Å². The Morgan fingerprint density at radius 1 is 1.55 bits per heavy atom. The van der Waals surface area contributed by atoms with Crippen molar-refractivity contribution in [2.75, 3.05) is 6.61 Å². The molecular formula is C3H5F3O4P-. The molecule has 0 saturated heterocycles. The highest BCUT2D eigenvalue weighted by Gasteiger charge is 2.35. The second-order valence-electron chi connectivity index (χ2n) is 1.40. The van der Waals surface area contributed by atoms with Crippen LogP contribution in [0.4, 0.5) is 13.2 Å². The Morgan fingerprint density at radius 3 is 2.27 bits per heavy atom. The highest BCUT2D eigenvalue weighted by molar-refractivity contribution is 7.45. The number of rotatable bonds is 3. The van der Waals surface area contributed by atoms with Crippen LogP contribution in [0.3, 0.4) is 0 Å². The molecule has 0 aliphatic rings. The lowest BCUT2D eigenvalue weighted by molar-refractivity contribution is -0.322. The zero-order valence-electron chi connectivity index (χ0n) is 5.42. The fourth-order valence-corrected chi connectivity index (χ4v) is 0.934. The zero-order chi connectivity index (χ0) is 9.12. The van der Waals surface area contributed by atoms with Crippen molar-refractivity contribution >= 4 is 7.82 Å². The van der Waals surface area contributed by atoms with Crippen molar-refractivity contribution in [2.24, 2.45) is 0 Å². The smallest absolute Gasteiger partial charge is 0.528 e. The van der Waals surface area contributed by atoms with Gasteiger partial charge in [-0.1, -0.05) is 0 Å². The first-order valence-electron chi connectivity index (χ1n) is 2.50. The van der Waals surface area contributed by atoms with E-state index in [0.717, 1.165) is 0 Å². The van der Waals surface area contributed by atoms with Gasteiger partial charge in [-0.15, -0.1) is 13.2 Å². The van der Waals surface area contributed by atoms with Crippen LogP contribution in [0.25, 0.3) is 0 Å². The summed E-state index contributed by atoms with van der Waals surface area (Å²) >= 11 is 0. The van der Waals surface area contributed by atoms with Gasteiger partial charge in [0.25, 0.3) is 7.82 Å². The lowest BCUT2D eigenvalue weighted by Gasteiger charge is -2.22. The summed E-state index contributed by atoms with van der Waals surface area (Å²) in [4.78, 5) is 10.1. The number of halogens is 3. The van der Waals surface area contributed by atoms with E-state index in [4.69, 9.17) is 0 Å². The van der Waals surface area contributed by atoms with Crippen LogP contribution in [-0.4, -0.2) is 13.0 Å². The summed E-state index contributed by atoms with van der Waals surface area (Å²) in [6.45, 7) is 0.834. The molecule has 4 nitrogen and oxygen atoms in total. The van der Waals surface area contributed by atoms with Crippen LogP contribution in [0.2, 0.25) is 0 Å². The summed E-state index contributed by atoms with van der Waals surface area (Å²) < 4.78 is 50.0. The van der Waals surface area contributed by atoms with Crippen molar-refractivity contribution in [3.05, 3.63) is 0 Å². The normalized spacial score (nSPS) is 17.9. The van der Waals surface area contributed by atoms with E-state index in [9.17, 15) is 22.6 Å². The lowest BCUT2D eigenvalue weighted by Crippen LogP contribution is -2.18.